The number of amides is 1. The molecule has 17 heteroatoms. The van der Waals surface area contributed by atoms with Gasteiger partial charge >= 0.3 is 0 Å². The molecule has 1 heterocycles. The van der Waals surface area contributed by atoms with Gasteiger partial charge in [-0.05, 0) is 19.3 Å². The van der Waals surface area contributed by atoms with Crippen LogP contribution in [0.5, 0.6) is 0 Å². The molecule has 0 radical (unpaired) electrons. The lowest BCUT2D eigenvalue weighted by molar-refractivity contribution is -0.178. The first-order chi connectivity index (χ1) is 19.2. The first-order valence-corrected chi connectivity index (χ1v) is 13.9. The van der Waals surface area contributed by atoms with Crippen molar-refractivity contribution < 1.29 is 44.9 Å². The zero-order valence-electron chi connectivity index (χ0n) is 23.0. The van der Waals surface area contributed by atoms with Crippen molar-refractivity contribution in [2.24, 2.45) is 45.3 Å². The number of ether oxygens (including phenoxy) is 2. The highest BCUT2D eigenvalue weighted by Gasteiger charge is 2.53. The van der Waals surface area contributed by atoms with Gasteiger partial charge in [-0.25, -0.2) is 4.99 Å². The van der Waals surface area contributed by atoms with Crippen LogP contribution in [0.3, 0.4) is 0 Å². The Hall–Kier alpha value is -1.74. The third-order valence-corrected chi connectivity index (χ3v) is 8.44. The molecule has 0 bridgehead atoms. The number of hydrogen-bond donors (Lipinski definition) is 13. The average molecular weight is 593 g/mol. The Labute approximate surface area is 238 Å². The number of nitrogens with one attached hydrogen (secondary N) is 1. The summed E-state index contributed by atoms with van der Waals surface area (Å²) in [5, 5.41) is 64.4. The van der Waals surface area contributed by atoms with Crippen LogP contribution in [-0.2, 0) is 14.3 Å². The Morgan fingerprint density at radius 3 is 2.37 bits per heavy atom. The number of aliphatic imine (C=N–C) groups is 1. The van der Waals surface area contributed by atoms with Gasteiger partial charge in [-0.1, -0.05) is 0 Å². The lowest BCUT2D eigenvalue weighted by Crippen LogP contribution is -2.69. The van der Waals surface area contributed by atoms with Crippen LogP contribution in [0.15, 0.2) is 4.99 Å². The molecule has 17 nitrogen and oxygen atoms in total. The summed E-state index contributed by atoms with van der Waals surface area (Å²) in [4.78, 5) is 17.2. The summed E-state index contributed by atoms with van der Waals surface area (Å²) in [6.07, 6.45) is -7.21. The molecule has 1 aliphatic heterocycles. The zero-order chi connectivity index (χ0) is 30.6. The van der Waals surface area contributed by atoms with E-state index in [0.29, 0.717) is 12.8 Å². The summed E-state index contributed by atoms with van der Waals surface area (Å²) in [5.41, 5.74) is 33.6. The summed E-state index contributed by atoms with van der Waals surface area (Å²) in [5.74, 6) is -1.67. The maximum Gasteiger partial charge on any atom is 0.252 e. The van der Waals surface area contributed by atoms with E-state index in [1.54, 1.807) is 0 Å². The van der Waals surface area contributed by atoms with Crippen LogP contribution >= 0.6 is 0 Å². The molecule has 0 aromatic heterocycles. The van der Waals surface area contributed by atoms with Crippen LogP contribution in [0, 0.1) is 5.92 Å². The molecule has 3 fully saturated rings. The standard InChI is InChI=1S/C24H48N8O9/c25-6-10-1-2-12(32-23(29)30)20(41-10)16-11(27)3-13(31-22(38)24(39)4-9(26)5-24)21(19(16)37)40-8-15(35)17(28)18(36)14(34)7-33/h9-21,33-37,39H,1-8,25-28H2,(H,31,38)(H4,29,30,32). The van der Waals surface area contributed by atoms with Gasteiger partial charge in [0.15, 0.2) is 5.96 Å². The second kappa shape index (κ2) is 14.2. The number of rotatable bonds is 12. The van der Waals surface area contributed by atoms with Gasteiger partial charge in [0.1, 0.15) is 17.8 Å². The van der Waals surface area contributed by atoms with Gasteiger partial charge < -0.3 is 79.8 Å². The maximum absolute atomic E-state index is 13.0. The fourth-order valence-corrected chi connectivity index (χ4v) is 6.05. The molecular formula is C24H48N8O9. The average Bonchev–Trinajstić information content (AvgIpc) is 2.90. The summed E-state index contributed by atoms with van der Waals surface area (Å²) in [6, 6.07) is -3.96. The number of carbonyl (C=O) groups is 1. The SMILES string of the molecule is NCC1CCC(N=C(N)N)C(C2C(N)CC(NC(=O)C3(O)CC(N)C3)C(OCC(O)C(N)C(O)C(O)CO)C2O)O1. The van der Waals surface area contributed by atoms with E-state index < -0.39 is 91.4 Å². The van der Waals surface area contributed by atoms with Crippen molar-refractivity contribution in [2.45, 2.75) is 111 Å². The molecule has 0 aromatic carbocycles. The predicted octanol–water partition coefficient (Wildman–Crippen LogP) is -7.03. The summed E-state index contributed by atoms with van der Waals surface area (Å²) in [6.45, 7) is -1.10. The molecule has 3 aliphatic rings. The Morgan fingerprint density at radius 2 is 1.80 bits per heavy atom. The van der Waals surface area contributed by atoms with E-state index >= 15 is 0 Å². The second-order valence-electron chi connectivity index (χ2n) is 11.6. The molecule has 2 aliphatic carbocycles. The molecule has 19 N–H and O–H groups in total. The molecule has 0 spiro atoms. The van der Waals surface area contributed by atoms with Crippen LogP contribution in [0.2, 0.25) is 0 Å². The Morgan fingerprint density at radius 1 is 1.15 bits per heavy atom. The number of nitrogens with two attached hydrogens (primary N) is 6. The normalized spacial score (nSPS) is 40.5. The Bertz CT molecular complexity index is 893. The van der Waals surface area contributed by atoms with Crippen molar-refractivity contribution >= 4 is 11.9 Å². The van der Waals surface area contributed by atoms with Gasteiger partial charge in [-0.15, -0.1) is 0 Å². The molecule has 1 saturated heterocycles. The number of guanidine groups is 1. The van der Waals surface area contributed by atoms with Crippen LogP contribution in [-0.4, -0.2) is 141 Å². The molecule has 12 atom stereocenters. The smallest absolute Gasteiger partial charge is 0.252 e. The van der Waals surface area contributed by atoms with Gasteiger partial charge in [0.25, 0.3) is 5.91 Å². The Kier molecular flexibility index (Phi) is 11.7. The molecule has 0 aromatic rings. The number of nitrogens with zero attached hydrogens (tertiary/aromatic N) is 1. The largest absolute Gasteiger partial charge is 0.394 e. The summed E-state index contributed by atoms with van der Waals surface area (Å²) >= 11 is 0. The van der Waals surface area contributed by atoms with Gasteiger partial charge in [0, 0.05) is 37.4 Å². The van der Waals surface area contributed by atoms with Crippen LogP contribution < -0.4 is 39.7 Å². The van der Waals surface area contributed by atoms with Crippen molar-refractivity contribution in [2.75, 3.05) is 19.8 Å². The van der Waals surface area contributed by atoms with E-state index in [1.165, 1.54) is 0 Å². The number of aliphatic hydroxyl groups excluding tert-OH is 5. The maximum atomic E-state index is 13.0. The molecule has 41 heavy (non-hydrogen) atoms. The summed E-state index contributed by atoms with van der Waals surface area (Å²) < 4.78 is 12.1. The molecule has 3 rings (SSSR count). The highest BCUT2D eigenvalue weighted by Crippen LogP contribution is 2.38. The van der Waals surface area contributed by atoms with E-state index in [0.717, 1.165) is 0 Å². The molecule has 238 valence electrons. The van der Waals surface area contributed by atoms with Crippen LogP contribution in [0.25, 0.3) is 0 Å². The quantitative estimate of drug-likeness (QED) is 0.0739. The van der Waals surface area contributed by atoms with Crippen molar-refractivity contribution in [1.82, 2.24) is 5.32 Å². The van der Waals surface area contributed by atoms with Gasteiger partial charge in [-0.3, -0.25) is 4.79 Å². The minimum Gasteiger partial charge on any atom is -0.394 e. The highest BCUT2D eigenvalue weighted by molar-refractivity contribution is 5.86. The lowest BCUT2D eigenvalue weighted by Gasteiger charge is -2.50. The van der Waals surface area contributed by atoms with Crippen LogP contribution in [0.4, 0.5) is 0 Å². The van der Waals surface area contributed by atoms with Crippen molar-refractivity contribution in [3.05, 3.63) is 0 Å². The molecular weight excluding hydrogens is 544 g/mol. The lowest BCUT2D eigenvalue weighted by atomic mass is 9.71. The predicted molar refractivity (Wildman–Crippen MR) is 146 cm³/mol. The van der Waals surface area contributed by atoms with Crippen LogP contribution in [0.1, 0.15) is 32.1 Å². The highest BCUT2D eigenvalue weighted by atomic mass is 16.5. The monoisotopic (exact) mass is 592 g/mol. The minimum absolute atomic E-state index is 0.0591. The summed E-state index contributed by atoms with van der Waals surface area (Å²) in [7, 11) is 0. The number of carbonyl (C=O) groups excluding carboxylic acids is 1. The van der Waals surface area contributed by atoms with E-state index in [1.807, 2.05) is 0 Å². The first kappa shape index (κ1) is 33.8. The van der Waals surface area contributed by atoms with E-state index in [9.17, 15) is 30.3 Å². The van der Waals surface area contributed by atoms with Crippen molar-refractivity contribution in [3.63, 3.8) is 0 Å². The van der Waals surface area contributed by atoms with Gasteiger partial charge in [0.05, 0.1) is 61.9 Å². The van der Waals surface area contributed by atoms with Crippen molar-refractivity contribution in [3.8, 4) is 0 Å². The number of aliphatic hydroxyl groups is 6. The van der Waals surface area contributed by atoms with E-state index in [2.05, 4.69) is 10.3 Å². The molecule has 12 unspecified atom stereocenters. The fraction of sp³-hybridized carbons (Fsp3) is 0.917. The zero-order valence-corrected chi connectivity index (χ0v) is 23.0. The molecule has 1 amide bonds. The number of hydrogen-bond acceptors (Lipinski definition) is 14. The third-order valence-electron chi connectivity index (χ3n) is 8.44. The fourth-order valence-electron chi connectivity index (χ4n) is 6.05. The van der Waals surface area contributed by atoms with Gasteiger partial charge in [-0.2, -0.15) is 0 Å². The second-order valence-corrected chi connectivity index (χ2v) is 11.6. The first-order valence-electron chi connectivity index (χ1n) is 13.9. The van der Waals surface area contributed by atoms with E-state index in [4.69, 9.17) is 49.0 Å². The minimum atomic E-state index is -1.68. The third kappa shape index (κ3) is 7.81. The van der Waals surface area contributed by atoms with Crippen molar-refractivity contribution in [1.29, 1.82) is 0 Å². The Balaban J connectivity index is 1.85. The van der Waals surface area contributed by atoms with E-state index in [-0.39, 0.29) is 43.9 Å². The topological polar surface area (TPSA) is 337 Å². The van der Waals surface area contributed by atoms with Gasteiger partial charge in [0.2, 0.25) is 0 Å². The molecule has 2 saturated carbocycles.